The Kier molecular flexibility index (Phi) is 5.06. The molecule has 0 bridgehead atoms. The lowest BCUT2D eigenvalue weighted by molar-refractivity contribution is 0.302. The van der Waals surface area contributed by atoms with E-state index in [1.807, 2.05) is 19.2 Å². The Balaban J connectivity index is 1.84. The van der Waals surface area contributed by atoms with Gasteiger partial charge in [-0.05, 0) is 38.2 Å². The number of hydrogen-bond donors (Lipinski definition) is 1. The number of aromatic nitrogens is 2. The first kappa shape index (κ1) is 17.5. The third-order valence-electron chi connectivity index (χ3n) is 4.01. The highest BCUT2D eigenvalue weighted by atomic mass is 35.5. The smallest absolute Gasteiger partial charge is 0.258 e. The van der Waals surface area contributed by atoms with Crippen molar-refractivity contribution in [3.63, 3.8) is 0 Å². The summed E-state index contributed by atoms with van der Waals surface area (Å²) in [6.07, 6.45) is 0. The number of hydrogen-bond acceptors (Lipinski definition) is 4. The molecule has 1 heterocycles. The standard InChI is InChI=1S/C19H20ClN3O2/c1-12-4-7-17(25-3)13(8-12)10-23(2)11-18-21-16-9-14(20)5-6-15(16)19(24)22-18/h4-9H,10-11H2,1-3H3,(H,21,22,24). The van der Waals surface area contributed by atoms with Gasteiger partial charge in [0.1, 0.15) is 11.6 Å². The maximum atomic E-state index is 12.2. The summed E-state index contributed by atoms with van der Waals surface area (Å²) < 4.78 is 5.43. The van der Waals surface area contributed by atoms with Crippen molar-refractivity contribution in [2.75, 3.05) is 14.2 Å². The number of ether oxygens (including phenoxy) is 1. The predicted octanol–water partition coefficient (Wildman–Crippen LogP) is 3.53. The quantitative estimate of drug-likeness (QED) is 0.759. The number of methoxy groups -OCH3 is 1. The van der Waals surface area contributed by atoms with Crippen molar-refractivity contribution in [2.45, 2.75) is 20.0 Å². The molecule has 0 saturated carbocycles. The first-order valence-electron chi connectivity index (χ1n) is 7.97. The molecule has 0 amide bonds. The molecule has 3 rings (SSSR count). The molecule has 5 nitrogen and oxygen atoms in total. The molecule has 0 unspecified atom stereocenters. The molecular weight excluding hydrogens is 338 g/mol. The average Bonchev–Trinajstić information content (AvgIpc) is 2.54. The molecule has 25 heavy (non-hydrogen) atoms. The molecule has 0 radical (unpaired) electrons. The van der Waals surface area contributed by atoms with Crippen LogP contribution in [0.3, 0.4) is 0 Å². The normalized spacial score (nSPS) is 11.2. The first-order chi connectivity index (χ1) is 12.0. The summed E-state index contributed by atoms with van der Waals surface area (Å²) in [6.45, 7) is 3.24. The zero-order valence-corrected chi connectivity index (χ0v) is 15.2. The maximum absolute atomic E-state index is 12.2. The Labute approximate surface area is 151 Å². The molecule has 0 aliphatic carbocycles. The van der Waals surface area contributed by atoms with Crippen LogP contribution in [-0.4, -0.2) is 29.0 Å². The molecule has 1 N–H and O–H groups in total. The minimum Gasteiger partial charge on any atom is -0.496 e. The van der Waals surface area contributed by atoms with E-state index in [9.17, 15) is 4.79 Å². The summed E-state index contributed by atoms with van der Waals surface area (Å²) in [5, 5.41) is 1.10. The van der Waals surface area contributed by atoms with Crippen LogP contribution in [0.5, 0.6) is 5.75 Å². The van der Waals surface area contributed by atoms with E-state index in [-0.39, 0.29) is 5.56 Å². The van der Waals surface area contributed by atoms with Gasteiger partial charge in [0.2, 0.25) is 0 Å². The fourth-order valence-corrected chi connectivity index (χ4v) is 3.04. The van der Waals surface area contributed by atoms with Crippen LogP contribution in [0.15, 0.2) is 41.2 Å². The summed E-state index contributed by atoms with van der Waals surface area (Å²) in [6, 6.07) is 11.2. The van der Waals surface area contributed by atoms with Crippen molar-refractivity contribution >= 4 is 22.5 Å². The van der Waals surface area contributed by atoms with Gasteiger partial charge in [-0.1, -0.05) is 29.3 Å². The molecule has 0 atom stereocenters. The molecule has 0 saturated heterocycles. The van der Waals surface area contributed by atoms with Crippen molar-refractivity contribution < 1.29 is 4.74 Å². The van der Waals surface area contributed by atoms with E-state index in [1.54, 1.807) is 25.3 Å². The molecule has 6 heteroatoms. The van der Waals surface area contributed by atoms with Crippen molar-refractivity contribution in [2.24, 2.45) is 0 Å². The van der Waals surface area contributed by atoms with E-state index in [0.717, 1.165) is 11.3 Å². The minimum atomic E-state index is -0.154. The van der Waals surface area contributed by atoms with Crippen LogP contribution in [0, 0.1) is 6.92 Å². The van der Waals surface area contributed by atoms with Gasteiger partial charge in [0.25, 0.3) is 5.56 Å². The van der Waals surface area contributed by atoms with Crippen LogP contribution >= 0.6 is 11.6 Å². The van der Waals surface area contributed by atoms with E-state index in [2.05, 4.69) is 27.9 Å². The third-order valence-corrected chi connectivity index (χ3v) is 4.25. The largest absolute Gasteiger partial charge is 0.496 e. The number of aromatic amines is 1. The highest BCUT2D eigenvalue weighted by molar-refractivity contribution is 6.31. The van der Waals surface area contributed by atoms with Gasteiger partial charge >= 0.3 is 0 Å². The molecular formula is C19H20ClN3O2. The second-order valence-electron chi connectivity index (χ2n) is 6.16. The van der Waals surface area contributed by atoms with Crippen LogP contribution < -0.4 is 10.3 Å². The summed E-state index contributed by atoms with van der Waals surface area (Å²) in [4.78, 5) is 21.7. The number of rotatable bonds is 5. The van der Waals surface area contributed by atoms with Crippen LogP contribution in [-0.2, 0) is 13.1 Å². The molecule has 1 aromatic heterocycles. The molecule has 0 spiro atoms. The number of nitrogens with one attached hydrogen (secondary N) is 1. The fraction of sp³-hybridized carbons (Fsp3) is 0.263. The highest BCUT2D eigenvalue weighted by Gasteiger charge is 2.10. The number of nitrogens with zero attached hydrogens (tertiary/aromatic N) is 2. The SMILES string of the molecule is COc1ccc(C)cc1CN(C)Cc1nc2cc(Cl)ccc2c(=O)[nH]1. The van der Waals surface area contributed by atoms with Crippen LogP contribution in [0.25, 0.3) is 10.9 Å². The number of halogens is 1. The number of H-pyrrole nitrogens is 1. The number of aryl methyl sites for hydroxylation is 1. The minimum absolute atomic E-state index is 0.154. The lowest BCUT2D eigenvalue weighted by atomic mass is 10.1. The topological polar surface area (TPSA) is 58.2 Å². The fourth-order valence-electron chi connectivity index (χ4n) is 2.87. The van der Waals surface area contributed by atoms with Crippen LogP contribution in [0.1, 0.15) is 17.0 Å². The molecule has 0 aliphatic rings. The van der Waals surface area contributed by atoms with E-state index < -0.39 is 0 Å². The van der Waals surface area contributed by atoms with Crippen molar-refractivity contribution in [3.05, 3.63) is 68.7 Å². The number of fused-ring (bicyclic) bond motifs is 1. The Morgan fingerprint density at radius 1 is 1.20 bits per heavy atom. The molecule has 2 aromatic carbocycles. The molecule has 0 fully saturated rings. The van der Waals surface area contributed by atoms with Gasteiger partial charge in [-0.25, -0.2) is 4.98 Å². The van der Waals surface area contributed by atoms with Gasteiger partial charge in [0, 0.05) is 17.1 Å². The van der Waals surface area contributed by atoms with E-state index in [4.69, 9.17) is 16.3 Å². The van der Waals surface area contributed by atoms with Crippen LogP contribution in [0.2, 0.25) is 5.02 Å². The summed E-state index contributed by atoms with van der Waals surface area (Å²) in [5.74, 6) is 1.46. The van der Waals surface area contributed by atoms with Gasteiger partial charge < -0.3 is 9.72 Å². The second kappa shape index (κ2) is 7.25. The van der Waals surface area contributed by atoms with Crippen molar-refractivity contribution in [1.29, 1.82) is 0 Å². The highest BCUT2D eigenvalue weighted by Crippen LogP contribution is 2.21. The molecule has 130 valence electrons. The van der Waals surface area contributed by atoms with Gasteiger partial charge in [-0.3, -0.25) is 9.69 Å². The lowest BCUT2D eigenvalue weighted by Gasteiger charge is -2.18. The maximum Gasteiger partial charge on any atom is 0.258 e. The summed E-state index contributed by atoms with van der Waals surface area (Å²) in [7, 11) is 3.64. The van der Waals surface area contributed by atoms with Gasteiger partial charge in [-0.15, -0.1) is 0 Å². The van der Waals surface area contributed by atoms with Crippen molar-refractivity contribution in [1.82, 2.24) is 14.9 Å². The van der Waals surface area contributed by atoms with E-state index >= 15 is 0 Å². The molecule has 3 aromatic rings. The Hall–Kier alpha value is -2.37. The Morgan fingerprint density at radius 2 is 2.00 bits per heavy atom. The first-order valence-corrected chi connectivity index (χ1v) is 8.34. The zero-order valence-electron chi connectivity index (χ0n) is 14.5. The third kappa shape index (κ3) is 4.00. The monoisotopic (exact) mass is 357 g/mol. The van der Waals surface area contributed by atoms with Gasteiger partial charge in [0.05, 0.1) is 24.6 Å². The zero-order chi connectivity index (χ0) is 18.0. The van der Waals surface area contributed by atoms with Crippen LogP contribution in [0.4, 0.5) is 0 Å². The predicted molar refractivity (Wildman–Crippen MR) is 100 cm³/mol. The van der Waals surface area contributed by atoms with E-state index in [1.165, 1.54) is 5.56 Å². The summed E-state index contributed by atoms with van der Waals surface area (Å²) >= 11 is 6.01. The average molecular weight is 358 g/mol. The van der Waals surface area contributed by atoms with Gasteiger partial charge in [0.15, 0.2) is 0 Å². The second-order valence-corrected chi connectivity index (χ2v) is 6.60. The number of benzene rings is 2. The Bertz CT molecular complexity index is 969. The summed E-state index contributed by atoms with van der Waals surface area (Å²) in [5.41, 5.74) is 2.72. The Morgan fingerprint density at radius 3 is 2.76 bits per heavy atom. The molecule has 0 aliphatic heterocycles. The van der Waals surface area contributed by atoms with Crippen molar-refractivity contribution in [3.8, 4) is 5.75 Å². The van der Waals surface area contributed by atoms with E-state index in [0.29, 0.717) is 34.8 Å². The van der Waals surface area contributed by atoms with Gasteiger partial charge in [-0.2, -0.15) is 0 Å². The lowest BCUT2D eigenvalue weighted by Crippen LogP contribution is -2.22.